The second-order valence-corrected chi connectivity index (χ2v) is 5.12. The number of pyridine rings is 1. The van der Waals surface area contributed by atoms with E-state index in [1.54, 1.807) is 0 Å². The van der Waals surface area contributed by atoms with Crippen molar-refractivity contribution in [1.82, 2.24) is 4.98 Å². The van der Waals surface area contributed by atoms with Crippen LogP contribution in [0.15, 0.2) is 18.3 Å². The first-order chi connectivity index (χ1) is 8.23. The lowest BCUT2D eigenvalue weighted by molar-refractivity contribution is 0.282. The Hall–Kier alpha value is -1.29. The summed E-state index contributed by atoms with van der Waals surface area (Å²) in [4.78, 5) is 6.64. The Bertz CT molecular complexity index is 411. The SMILES string of the molecule is CCOc1cccnc1N1CC(N)(C2CC2)C1. The second-order valence-electron chi connectivity index (χ2n) is 5.12. The normalized spacial score (nSPS) is 22.1. The summed E-state index contributed by atoms with van der Waals surface area (Å²) in [5, 5.41) is 0. The van der Waals surface area contributed by atoms with Crippen molar-refractivity contribution >= 4 is 5.82 Å². The molecule has 1 aliphatic heterocycles. The molecule has 0 unspecified atom stereocenters. The number of hydrogen-bond donors (Lipinski definition) is 1. The fourth-order valence-corrected chi connectivity index (χ4v) is 2.62. The third-order valence-corrected chi connectivity index (χ3v) is 3.71. The van der Waals surface area contributed by atoms with Crippen molar-refractivity contribution in [2.75, 3.05) is 24.6 Å². The van der Waals surface area contributed by atoms with E-state index in [4.69, 9.17) is 10.5 Å². The maximum absolute atomic E-state index is 6.35. The molecule has 4 heteroatoms. The van der Waals surface area contributed by atoms with E-state index >= 15 is 0 Å². The van der Waals surface area contributed by atoms with Gasteiger partial charge in [0.2, 0.25) is 0 Å². The van der Waals surface area contributed by atoms with Gasteiger partial charge in [0.15, 0.2) is 11.6 Å². The molecule has 1 aromatic heterocycles. The lowest BCUT2D eigenvalue weighted by Gasteiger charge is -2.49. The predicted molar refractivity (Wildman–Crippen MR) is 67.3 cm³/mol. The van der Waals surface area contributed by atoms with Gasteiger partial charge in [0.05, 0.1) is 12.1 Å². The quantitative estimate of drug-likeness (QED) is 0.854. The molecular weight excluding hydrogens is 214 g/mol. The Labute approximate surface area is 102 Å². The third-order valence-electron chi connectivity index (χ3n) is 3.71. The smallest absolute Gasteiger partial charge is 0.171 e. The van der Waals surface area contributed by atoms with Gasteiger partial charge in [-0.3, -0.25) is 0 Å². The van der Waals surface area contributed by atoms with E-state index in [-0.39, 0.29) is 5.54 Å². The Balaban J connectivity index is 1.73. The van der Waals surface area contributed by atoms with E-state index in [0.717, 1.165) is 30.6 Å². The van der Waals surface area contributed by atoms with Gasteiger partial charge in [-0.1, -0.05) is 0 Å². The van der Waals surface area contributed by atoms with Crippen molar-refractivity contribution < 1.29 is 4.74 Å². The van der Waals surface area contributed by atoms with Crippen molar-refractivity contribution in [2.45, 2.75) is 25.3 Å². The van der Waals surface area contributed by atoms with Crippen molar-refractivity contribution in [1.29, 1.82) is 0 Å². The van der Waals surface area contributed by atoms with E-state index in [1.807, 2.05) is 25.3 Å². The lowest BCUT2D eigenvalue weighted by Crippen LogP contribution is -2.69. The topological polar surface area (TPSA) is 51.4 Å². The van der Waals surface area contributed by atoms with E-state index in [9.17, 15) is 0 Å². The molecule has 0 spiro atoms. The van der Waals surface area contributed by atoms with Crippen LogP contribution in [0.5, 0.6) is 5.75 Å². The molecule has 1 aromatic rings. The molecule has 0 atom stereocenters. The fourth-order valence-electron chi connectivity index (χ4n) is 2.62. The van der Waals surface area contributed by atoms with Crippen LogP contribution in [0.25, 0.3) is 0 Å². The zero-order valence-electron chi connectivity index (χ0n) is 10.2. The van der Waals surface area contributed by atoms with Crippen LogP contribution in [0, 0.1) is 5.92 Å². The van der Waals surface area contributed by atoms with Gasteiger partial charge in [0.1, 0.15) is 0 Å². The zero-order valence-corrected chi connectivity index (χ0v) is 10.2. The number of anilines is 1. The number of aromatic nitrogens is 1. The van der Waals surface area contributed by atoms with Crippen molar-refractivity contribution in [3.63, 3.8) is 0 Å². The molecule has 92 valence electrons. The van der Waals surface area contributed by atoms with E-state index < -0.39 is 0 Å². The van der Waals surface area contributed by atoms with E-state index in [0.29, 0.717) is 6.61 Å². The lowest BCUT2D eigenvalue weighted by atomic mass is 9.86. The number of hydrogen-bond acceptors (Lipinski definition) is 4. The van der Waals surface area contributed by atoms with Gasteiger partial charge in [-0.25, -0.2) is 4.98 Å². The summed E-state index contributed by atoms with van der Waals surface area (Å²) in [6, 6.07) is 3.88. The second kappa shape index (κ2) is 3.88. The van der Waals surface area contributed by atoms with Gasteiger partial charge in [0.25, 0.3) is 0 Å². The van der Waals surface area contributed by atoms with Gasteiger partial charge >= 0.3 is 0 Å². The predicted octanol–water partition coefficient (Wildman–Crippen LogP) is 1.41. The molecule has 2 N–H and O–H groups in total. The minimum absolute atomic E-state index is 0.0288. The first-order valence-electron chi connectivity index (χ1n) is 6.34. The summed E-state index contributed by atoms with van der Waals surface area (Å²) in [6.07, 6.45) is 4.40. The Kier molecular flexibility index (Phi) is 2.47. The Morgan fingerprint density at radius 3 is 2.94 bits per heavy atom. The summed E-state index contributed by atoms with van der Waals surface area (Å²) >= 11 is 0. The molecule has 0 amide bonds. The first kappa shape index (κ1) is 10.8. The molecule has 1 saturated heterocycles. The summed E-state index contributed by atoms with van der Waals surface area (Å²) in [5.74, 6) is 2.54. The molecule has 3 rings (SSSR count). The highest BCUT2D eigenvalue weighted by Crippen LogP contribution is 2.45. The highest BCUT2D eigenvalue weighted by molar-refractivity contribution is 5.55. The highest BCUT2D eigenvalue weighted by atomic mass is 16.5. The average Bonchev–Trinajstić information content (AvgIpc) is 3.10. The summed E-state index contributed by atoms with van der Waals surface area (Å²) in [7, 11) is 0. The van der Waals surface area contributed by atoms with E-state index in [1.165, 1.54) is 12.8 Å². The van der Waals surface area contributed by atoms with Crippen LogP contribution in [-0.4, -0.2) is 30.2 Å². The van der Waals surface area contributed by atoms with Crippen LogP contribution in [0.4, 0.5) is 5.82 Å². The monoisotopic (exact) mass is 233 g/mol. The minimum Gasteiger partial charge on any atom is -0.490 e. The molecule has 2 heterocycles. The summed E-state index contributed by atoms with van der Waals surface area (Å²) in [6.45, 7) is 4.48. The molecule has 4 nitrogen and oxygen atoms in total. The van der Waals surface area contributed by atoms with Crippen LogP contribution >= 0.6 is 0 Å². The summed E-state index contributed by atoms with van der Waals surface area (Å²) in [5.41, 5.74) is 6.38. The third kappa shape index (κ3) is 1.86. The fraction of sp³-hybridized carbons (Fsp3) is 0.615. The van der Waals surface area contributed by atoms with Gasteiger partial charge in [0, 0.05) is 19.3 Å². The minimum atomic E-state index is 0.0288. The molecule has 2 fully saturated rings. The van der Waals surface area contributed by atoms with Crippen LogP contribution in [0.3, 0.4) is 0 Å². The maximum atomic E-state index is 6.35. The maximum Gasteiger partial charge on any atom is 0.171 e. The molecule has 0 radical (unpaired) electrons. The Morgan fingerprint density at radius 1 is 1.53 bits per heavy atom. The number of rotatable bonds is 4. The van der Waals surface area contributed by atoms with Crippen molar-refractivity contribution in [2.24, 2.45) is 11.7 Å². The van der Waals surface area contributed by atoms with Gasteiger partial charge in [-0.2, -0.15) is 0 Å². The zero-order chi connectivity index (χ0) is 11.9. The van der Waals surface area contributed by atoms with Crippen molar-refractivity contribution in [3.8, 4) is 5.75 Å². The van der Waals surface area contributed by atoms with Crippen LogP contribution in [0.2, 0.25) is 0 Å². The van der Waals surface area contributed by atoms with Crippen LogP contribution in [-0.2, 0) is 0 Å². The molecule has 1 saturated carbocycles. The highest BCUT2D eigenvalue weighted by Gasteiger charge is 2.51. The molecule has 0 aromatic carbocycles. The standard InChI is InChI=1S/C13H19N3O/c1-2-17-11-4-3-7-15-12(11)16-8-13(14,9-16)10-5-6-10/h3-4,7,10H,2,5-6,8-9,14H2,1H3. The van der Waals surface area contributed by atoms with Crippen LogP contribution < -0.4 is 15.4 Å². The molecule has 1 aliphatic carbocycles. The van der Waals surface area contributed by atoms with Gasteiger partial charge in [-0.15, -0.1) is 0 Å². The largest absolute Gasteiger partial charge is 0.490 e. The molecule has 17 heavy (non-hydrogen) atoms. The number of nitrogens with two attached hydrogens (primary N) is 1. The Morgan fingerprint density at radius 2 is 2.29 bits per heavy atom. The number of ether oxygens (including phenoxy) is 1. The van der Waals surface area contributed by atoms with Crippen molar-refractivity contribution in [3.05, 3.63) is 18.3 Å². The molecule has 2 aliphatic rings. The molecule has 0 bridgehead atoms. The van der Waals surface area contributed by atoms with Crippen LogP contribution in [0.1, 0.15) is 19.8 Å². The summed E-state index contributed by atoms with van der Waals surface area (Å²) < 4.78 is 5.59. The average molecular weight is 233 g/mol. The molecular formula is C13H19N3O. The van der Waals surface area contributed by atoms with Gasteiger partial charge < -0.3 is 15.4 Å². The van der Waals surface area contributed by atoms with E-state index in [2.05, 4.69) is 9.88 Å². The number of nitrogens with zero attached hydrogens (tertiary/aromatic N) is 2. The van der Waals surface area contributed by atoms with Gasteiger partial charge in [-0.05, 0) is 37.8 Å². The first-order valence-corrected chi connectivity index (χ1v) is 6.34.